The standard InChI is InChI=1S/C17H35NO2/c1-4-7-16-8-10-17(11-9-16,15-18-12-5-2)20-14-13-19-6-3/h16,18H,4-15H2,1-3H3. The number of rotatable bonds is 11. The maximum atomic E-state index is 6.26. The van der Waals surface area contributed by atoms with Crippen LogP contribution >= 0.6 is 0 Å². The molecule has 3 heteroatoms. The third-order valence-electron chi connectivity index (χ3n) is 4.43. The van der Waals surface area contributed by atoms with Crippen molar-refractivity contribution in [3.05, 3.63) is 0 Å². The molecule has 1 fully saturated rings. The number of hydrogen-bond acceptors (Lipinski definition) is 3. The molecule has 120 valence electrons. The molecule has 20 heavy (non-hydrogen) atoms. The Morgan fingerprint density at radius 1 is 1.05 bits per heavy atom. The Bertz CT molecular complexity index is 220. The van der Waals surface area contributed by atoms with Crippen LogP contribution in [0.2, 0.25) is 0 Å². The Hall–Kier alpha value is -0.120. The summed E-state index contributed by atoms with van der Waals surface area (Å²) in [5.41, 5.74) is 0.0660. The molecule has 1 aliphatic rings. The molecule has 0 atom stereocenters. The monoisotopic (exact) mass is 285 g/mol. The highest BCUT2D eigenvalue weighted by Gasteiger charge is 2.35. The molecule has 3 nitrogen and oxygen atoms in total. The van der Waals surface area contributed by atoms with Gasteiger partial charge >= 0.3 is 0 Å². The Kier molecular flexibility index (Phi) is 9.49. The molecule has 0 spiro atoms. The number of ether oxygens (including phenoxy) is 2. The largest absolute Gasteiger partial charge is 0.379 e. The van der Waals surface area contributed by atoms with E-state index in [-0.39, 0.29) is 5.60 Å². The van der Waals surface area contributed by atoms with Crippen LogP contribution in [0.25, 0.3) is 0 Å². The summed E-state index contributed by atoms with van der Waals surface area (Å²) in [5.74, 6) is 0.926. The van der Waals surface area contributed by atoms with Gasteiger partial charge in [-0.2, -0.15) is 0 Å². The van der Waals surface area contributed by atoms with Gasteiger partial charge in [0.25, 0.3) is 0 Å². The first-order valence-corrected chi connectivity index (χ1v) is 8.68. The molecule has 0 amide bonds. The van der Waals surface area contributed by atoms with E-state index < -0.39 is 0 Å². The zero-order chi connectivity index (χ0) is 14.7. The molecule has 0 aromatic carbocycles. The Balaban J connectivity index is 2.39. The van der Waals surface area contributed by atoms with Crippen molar-refractivity contribution in [3.8, 4) is 0 Å². The van der Waals surface area contributed by atoms with Crippen LogP contribution in [0, 0.1) is 5.92 Å². The van der Waals surface area contributed by atoms with Gasteiger partial charge in [-0.15, -0.1) is 0 Å². The van der Waals surface area contributed by atoms with Gasteiger partial charge in [-0.05, 0) is 51.5 Å². The Morgan fingerprint density at radius 3 is 2.40 bits per heavy atom. The van der Waals surface area contributed by atoms with Gasteiger partial charge in [0.15, 0.2) is 0 Å². The average Bonchev–Trinajstić information content (AvgIpc) is 2.47. The highest BCUT2D eigenvalue weighted by Crippen LogP contribution is 2.36. The van der Waals surface area contributed by atoms with Gasteiger partial charge in [0.2, 0.25) is 0 Å². The van der Waals surface area contributed by atoms with Crippen molar-refractivity contribution < 1.29 is 9.47 Å². The van der Waals surface area contributed by atoms with Crippen LogP contribution in [0.5, 0.6) is 0 Å². The maximum Gasteiger partial charge on any atom is 0.0807 e. The van der Waals surface area contributed by atoms with Crippen molar-refractivity contribution in [2.24, 2.45) is 5.92 Å². The minimum atomic E-state index is 0.0660. The lowest BCUT2D eigenvalue weighted by atomic mass is 9.77. The van der Waals surface area contributed by atoms with Gasteiger partial charge in [-0.25, -0.2) is 0 Å². The molecular formula is C17H35NO2. The zero-order valence-electron chi connectivity index (χ0n) is 13.9. The van der Waals surface area contributed by atoms with Gasteiger partial charge < -0.3 is 14.8 Å². The molecule has 0 radical (unpaired) electrons. The zero-order valence-corrected chi connectivity index (χ0v) is 13.9. The fourth-order valence-electron chi connectivity index (χ4n) is 3.23. The Morgan fingerprint density at radius 2 is 1.80 bits per heavy atom. The van der Waals surface area contributed by atoms with Gasteiger partial charge in [-0.3, -0.25) is 0 Å². The van der Waals surface area contributed by atoms with Crippen molar-refractivity contribution in [2.75, 3.05) is 32.9 Å². The Labute approximate surface area is 125 Å². The van der Waals surface area contributed by atoms with E-state index in [1.165, 1.54) is 44.9 Å². The van der Waals surface area contributed by atoms with Crippen LogP contribution in [0.3, 0.4) is 0 Å². The van der Waals surface area contributed by atoms with E-state index in [9.17, 15) is 0 Å². The van der Waals surface area contributed by atoms with Crippen LogP contribution in [0.1, 0.15) is 65.7 Å². The van der Waals surface area contributed by atoms with Crippen LogP contribution in [-0.2, 0) is 9.47 Å². The highest BCUT2D eigenvalue weighted by molar-refractivity contribution is 4.89. The third kappa shape index (κ3) is 6.55. The second-order valence-electron chi connectivity index (χ2n) is 6.14. The topological polar surface area (TPSA) is 30.5 Å². The van der Waals surface area contributed by atoms with Crippen molar-refractivity contribution >= 4 is 0 Å². The lowest BCUT2D eigenvalue weighted by Crippen LogP contribution is -2.46. The molecule has 1 saturated carbocycles. The van der Waals surface area contributed by atoms with Gasteiger partial charge in [0.05, 0.1) is 18.8 Å². The van der Waals surface area contributed by atoms with Gasteiger partial charge in [0, 0.05) is 13.2 Å². The van der Waals surface area contributed by atoms with Crippen LogP contribution in [0.4, 0.5) is 0 Å². The minimum absolute atomic E-state index is 0.0660. The SMILES string of the molecule is CCCNCC1(OCCOCC)CCC(CCC)CC1. The van der Waals surface area contributed by atoms with E-state index in [4.69, 9.17) is 9.47 Å². The molecule has 0 saturated heterocycles. The average molecular weight is 285 g/mol. The summed E-state index contributed by atoms with van der Waals surface area (Å²) in [5, 5.41) is 3.57. The molecular weight excluding hydrogens is 250 g/mol. The van der Waals surface area contributed by atoms with Crippen molar-refractivity contribution in [1.82, 2.24) is 5.32 Å². The number of hydrogen-bond donors (Lipinski definition) is 1. The lowest BCUT2D eigenvalue weighted by molar-refractivity contribution is -0.0922. The fraction of sp³-hybridized carbons (Fsp3) is 1.00. The first-order valence-electron chi connectivity index (χ1n) is 8.68. The first-order chi connectivity index (χ1) is 9.76. The molecule has 0 bridgehead atoms. The molecule has 0 aromatic rings. The van der Waals surface area contributed by atoms with Gasteiger partial charge in [0.1, 0.15) is 0 Å². The second kappa shape index (κ2) is 10.6. The van der Waals surface area contributed by atoms with Crippen molar-refractivity contribution in [1.29, 1.82) is 0 Å². The maximum absolute atomic E-state index is 6.26. The van der Waals surface area contributed by atoms with E-state index in [0.717, 1.165) is 38.8 Å². The molecule has 0 aromatic heterocycles. The van der Waals surface area contributed by atoms with Crippen molar-refractivity contribution in [2.45, 2.75) is 71.3 Å². The summed E-state index contributed by atoms with van der Waals surface area (Å²) in [6, 6.07) is 0. The quantitative estimate of drug-likeness (QED) is 0.586. The fourth-order valence-corrected chi connectivity index (χ4v) is 3.23. The molecule has 0 unspecified atom stereocenters. The predicted octanol–water partition coefficient (Wildman–Crippen LogP) is 3.77. The summed E-state index contributed by atoms with van der Waals surface area (Å²) in [7, 11) is 0. The number of nitrogens with one attached hydrogen (secondary N) is 1. The molecule has 0 aliphatic heterocycles. The smallest absolute Gasteiger partial charge is 0.0807 e. The van der Waals surface area contributed by atoms with Gasteiger partial charge in [-0.1, -0.05) is 26.7 Å². The van der Waals surface area contributed by atoms with E-state index >= 15 is 0 Å². The van der Waals surface area contributed by atoms with Crippen molar-refractivity contribution in [3.63, 3.8) is 0 Å². The molecule has 1 aliphatic carbocycles. The molecule has 1 rings (SSSR count). The van der Waals surface area contributed by atoms with E-state index in [1.807, 2.05) is 6.92 Å². The lowest BCUT2D eigenvalue weighted by Gasteiger charge is -2.40. The third-order valence-corrected chi connectivity index (χ3v) is 4.43. The summed E-state index contributed by atoms with van der Waals surface area (Å²) in [6.45, 7) is 10.9. The summed E-state index contributed by atoms with van der Waals surface area (Å²) in [6.07, 6.45) is 8.97. The van der Waals surface area contributed by atoms with Crippen LogP contribution in [-0.4, -0.2) is 38.5 Å². The molecule has 1 N–H and O–H groups in total. The van der Waals surface area contributed by atoms with E-state index in [2.05, 4.69) is 19.2 Å². The minimum Gasteiger partial charge on any atom is -0.379 e. The summed E-state index contributed by atoms with van der Waals surface area (Å²) >= 11 is 0. The molecule has 0 heterocycles. The van der Waals surface area contributed by atoms with Crippen LogP contribution in [0.15, 0.2) is 0 Å². The second-order valence-corrected chi connectivity index (χ2v) is 6.14. The van der Waals surface area contributed by atoms with Crippen LogP contribution < -0.4 is 5.32 Å². The van der Waals surface area contributed by atoms with E-state index in [0.29, 0.717) is 0 Å². The van der Waals surface area contributed by atoms with E-state index in [1.54, 1.807) is 0 Å². The normalized spacial score (nSPS) is 26.9. The summed E-state index contributed by atoms with van der Waals surface area (Å²) in [4.78, 5) is 0. The highest BCUT2D eigenvalue weighted by atomic mass is 16.5. The predicted molar refractivity (Wildman–Crippen MR) is 85.2 cm³/mol. The first kappa shape index (κ1) is 17.9. The summed E-state index contributed by atoms with van der Waals surface area (Å²) < 4.78 is 11.7.